The van der Waals surface area contributed by atoms with Gasteiger partial charge in [0.1, 0.15) is 0 Å². The molecule has 0 fully saturated rings. The molecule has 5 aromatic carbocycles. The van der Waals surface area contributed by atoms with Crippen molar-refractivity contribution in [2.24, 2.45) is 0 Å². The Morgan fingerprint density at radius 3 is 1.39 bits per heavy atom. The zero-order valence-corrected chi connectivity index (χ0v) is 27.5. The van der Waals surface area contributed by atoms with Crippen LogP contribution in [0.2, 0.25) is 0 Å². The average molecular weight is 575 g/mol. The van der Waals surface area contributed by atoms with Crippen LogP contribution in [-0.4, -0.2) is 0 Å². The summed E-state index contributed by atoms with van der Waals surface area (Å²) in [6.07, 6.45) is 7.18. The van der Waals surface area contributed by atoms with Crippen LogP contribution in [0.25, 0.3) is 22.3 Å². The van der Waals surface area contributed by atoms with Gasteiger partial charge in [0.15, 0.2) is 0 Å². The zero-order chi connectivity index (χ0) is 30.6. The predicted molar refractivity (Wildman–Crippen MR) is 188 cm³/mol. The molecule has 2 aliphatic carbocycles. The van der Waals surface area contributed by atoms with E-state index in [0.717, 1.165) is 12.8 Å². The molecule has 7 rings (SSSR count). The molecule has 0 amide bonds. The number of hydrogen-bond donors (Lipinski definition) is 0. The first-order chi connectivity index (χ1) is 21.3. The molecule has 0 heteroatoms. The van der Waals surface area contributed by atoms with E-state index in [1.807, 2.05) is 0 Å². The van der Waals surface area contributed by atoms with Crippen molar-refractivity contribution in [3.05, 3.63) is 153 Å². The van der Waals surface area contributed by atoms with E-state index in [0.29, 0.717) is 0 Å². The van der Waals surface area contributed by atoms with Crippen molar-refractivity contribution >= 4 is 0 Å². The van der Waals surface area contributed by atoms with Gasteiger partial charge in [-0.2, -0.15) is 0 Å². The molecule has 5 aromatic rings. The molecule has 0 saturated carbocycles. The van der Waals surface area contributed by atoms with Crippen molar-refractivity contribution in [1.29, 1.82) is 0 Å². The minimum absolute atomic E-state index is 0.0380. The van der Waals surface area contributed by atoms with Gasteiger partial charge in [-0.1, -0.05) is 137 Å². The predicted octanol–water partition coefficient (Wildman–Crippen LogP) is 11.7. The maximum absolute atomic E-state index is 2.58. The van der Waals surface area contributed by atoms with Crippen molar-refractivity contribution in [1.82, 2.24) is 0 Å². The summed E-state index contributed by atoms with van der Waals surface area (Å²) >= 11 is 0. The highest BCUT2D eigenvalue weighted by Crippen LogP contribution is 2.60. The Balaban J connectivity index is 1.54. The molecule has 0 N–H and O–H groups in total. The lowest BCUT2D eigenvalue weighted by molar-refractivity contribution is 0.659. The number of hydrogen-bond acceptors (Lipinski definition) is 0. The summed E-state index contributed by atoms with van der Waals surface area (Å²) in [5.41, 5.74) is 19.1. The average Bonchev–Trinajstić information content (AvgIpc) is 3.43. The van der Waals surface area contributed by atoms with Crippen molar-refractivity contribution < 1.29 is 0 Å². The molecular weight excluding hydrogens is 528 g/mol. The second kappa shape index (κ2) is 10.9. The van der Waals surface area contributed by atoms with Crippen LogP contribution >= 0.6 is 0 Å². The van der Waals surface area contributed by atoms with E-state index < -0.39 is 0 Å². The van der Waals surface area contributed by atoms with Gasteiger partial charge in [-0.15, -0.1) is 0 Å². The molecule has 0 aromatic heterocycles. The summed E-state index contributed by atoms with van der Waals surface area (Å²) in [5.74, 6) is 0. The lowest BCUT2D eigenvalue weighted by atomic mass is 9.66. The second-order valence-corrected chi connectivity index (χ2v) is 14.0. The number of aryl methyl sites for hydroxylation is 4. The highest BCUT2D eigenvalue weighted by molar-refractivity contribution is 5.92. The number of rotatable bonds is 8. The summed E-state index contributed by atoms with van der Waals surface area (Å²) in [6, 6.07) is 38.7. The summed E-state index contributed by atoms with van der Waals surface area (Å²) in [7, 11) is 0. The first-order valence-corrected chi connectivity index (χ1v) is 16.9. The molecule has 44 heavy (non-hydrogen) atoms. The Bertz CT molecular complexity index is 1800. The van der Waals surface area contributed by atoms with E-state index in [-0.39, 0.29) is 10.8 Å². The Morgan fingerprint density at radius 1 is 0.455 bits per heavy atom. The molecule has 2 aliphatic rings. The summed E-state index contributed by atoms with van der Waals surface area (Å²) in [6.45, 7) is 13.8. The third-order valence-corrected chi connectivity index (χ3v) is 10.7. The van der Waals surface area contributed by atoms with Crippen molar-refractivity contribution in [3.8, 4) is 22.3 Å². The normalized spacial score (nSPS) is 15.0. The van der Waals surface area contributed by atoms with Gasteiger partial charge in [-0.25, -0.2) is 0 Å². The van der Waals surface area contributed by atoms with Crippen LogP contribution in [0.5, 0.6) is 0 Å². The number of unbranched alkanes of at least 4 members (excludes halogenated alkanes) is 2. The van der Waals surface area contributed by atoms with Gasteiger partial charge in [-0.3, -0.25) is 0 Å². The van der Waals surface area contributed by atoms with E-state index in [1.54, 1.807) is 0 Å². The van der Waals surface area contributed by atoms with Crippen molar-refractivity contribution in [2.45, 2.75) is 90.9 Å². The van der Waals surface area contributed by atoms with E-state index in [2.05, 4.69) is 139 Å². The van der Waals surface area contributed by atoms with Crippen LogP contribution in [0, 0.1) is 13.8 Å². The van der Waals surface area contributed by atoms with Gasteiger partial charge >= 0.3 is 0 Å². The highest BCUT2D eigenvalue weighted by Gasteiger charge is 2.48. The second-order valence-electron chi connectivity index (χ2n) is 14.0. The van der Waals surface area contributed by atoms with Crippen LogP contribution in [0.1, 0.15) is 109 Å². The minimum atomic E-state index is -0.379. The lowest BCUT2D eigenvalue weighted by Crippen LogP contribution is -2.29. The third kappa shape index (κ3) is 4.33. The lowest BCUT2D eigenvalue weighted by Gasteiger charge is -2.35. The van der Waals surface area contributed by atoms with Gasteiger partial charge < -0.3 is 0 Å². The molecule has 0 saturated heterocycles. The number of benzene rings is 5. The van der Waals surface area contributed by atoms with E-state index in [9.17, 15) is 0 Å². The smallest absolute Gasteiger partial charge is 0.0654 e. The van der Waals surface area contributed by atoms with Crippen LogP contribution < -0.4 is 0 Å². The highest BCUT2D eigenvalue weighted by atomic mass is 14.5. The molecule has 0 atom stereocenters. The molecule has 0 radical (unpaired) electrons. The molecular formula is C44H46. The fourth-order valence-electron chi connectivity index (χ4n) is 8.17. The topological polar surface area (TPSA) is 0 Å². The molecule has 0 heterocycles. The van der Waals surface area contributed by atoms with E-state index >= 15 is 0 Å². The molecule has 0 bridgehead atoms. The monoisotopic (exact) mass is 574 g/mol. The number of fused-ring (bicyclic) bond motifs is 6. The Kier molecular flexibility index (Phi) is 7.16. The van der Waals surface area contributed by atoms with E-state index in [1.165, 1.54) is 104 Å². The Labute approximate surface area is 265 Å². The summed E-state index contributed by atoms with van der Waals surface area (Å²) < 4.78 is 0. The largest absolute Gasteiger partial charge is 0.0713 e. The van der Waals surface area contributed by atoms with Crippen LogP contribution in [0.4, 0.5) is 0 Å². The third-order valence-electron chi connectivity index (χ3n) is 10.7. The standard InChI is InChI=1S/C44H46/c1-7-9-11-31-15-19-33(20-16-31)44(34-21-17-32(18-22-34)12-10-8-2)41-26-30(4)14-24-36(41)38-27-40-37(28-42(38)44)35-23-13-29(3)25-39(35)43(40,5)6/h13-28H,7-12H2,1-6H3. The van der Waals surface area contributed by atoms with Crippen molar-refractivity contribution in [2.75, 3.05) is 0 Å². The quantitative estimate of drug-likeness (QED) is 0.170. The van der Waals surface area contributed by atoms with Crippen LogP contribution in [-0.2, 0) is 23.7 Å². The molecule has 0 nitrogen and oxygen atoms in total. The molecule has 0 unspecified atom stereocenters. The van der Waals surface area contributed by atoms with E-state index in [4.69, 9.17) is 0 Å². The van der Waals surface area contributed by atoms with Gasteiger partial charge in [-0.05, 0) is 118 Å². The summed E-state index contributed by atoms with van der Waals surface area (Å²) in [4.78, 5) is 0. The summed E-state index contributed by atoms with van der Waals surface area (Å²) in [5, 5.41) is 0. The van der Waals surface area contributed by atoms with Gasteiger partial charge in [0.2, 0.25) is 0 Å². The van der Waals surface area contributed by atoms with Gasteiger partial charge in [0.05, 0.1) is 5.41 Å². The zero-order valence-electron chi connectivity index (χ0n) is 27.5. The van der Waals surface area contributed by atoms with Gasteiger partial charge in [0, 0.05) is 5.41 Å². The van der Waals surface area contributed by atoms with Gasteiger partial charge in [0.25, 0.3) is 0 Å². The molecule has 0 aliphatic heterocycles. The SMILES string of the molecule is CCCCc1ccc(C2(c3ccc(CCCC)cc3)c3cc(C)ccc3-c3cc4c(cc32)-c2ccc(C)cc2C4(C)C)cc1. The first kappa shape index (κ1) is 28.8. The molecule has 222 valence electrons. The fraction of sp³-hybridized carbons (Fsp3) is 0.318. The Morgan fingerprint density at radius 2 is 0.864 bits per heavy atom. The molecule has 0 spiro atoms. The Hall–Kier alpha value is -3.90. The van der Waals surface area contributed by atoms with Crippen LogP contribution in [0.3, 0.4) is 0 Å². The maximum Gasteiger partial charge on any atom is 0.0713 e. The van der Waals surface area contributed by atoms with Crippen LogP contribution in [0.15, 0.2) is 97.1 Å². The maximum atomic E-state index is 2.58. The first-order valence-electron chi connectivity index (χ1n) is 16.9. The van der Waals surface area contributed by atoms with Crippen molar-refractivity contribution in [3.63, 3.8) is 0 Å². The fourth-order valence-corrected chi connectivity index (χ4v) is 8.17. The minimum Gasteiger partial charge on any atom is -0.0654 e.